The Morgan fingerprint density at radius 1 is 1.14 bits per heavy atom. The van der Waals surface area contributed by atoms with Crippen molar-refractivity contribution in [2.45, 2.75) is 76.3 Å². The standard InChI is InChI=1S/C26H32ClN3O4S/c1-4-19(25(31)28-18-10-6-5-7-11-18)24-26(32)29-21-12-8-9-13-22(21)30(24)35(33,34)23-15-16(2)20(27)14-17(23)3/h8-9,12-15,18-19,24H,4-7,10-11H2,1-3H3,(H,28,31)(H,29,32). The minimum absolute atomic E-state index is 0.0513. The number of para-hydroxylation sites is 2. The quantitative estimate of drug-likeness (QED) is 0.566. The topological polar surface area (TPSA) is 95.6 Å². The minimum atomic E-state index is -4.22. The van der Waals surface area contributed by atoms with Crippen molar-refractivity contribution < 1.29 is 18.0 Å². The summed E-state index contributed by atoms with van der Waals surface area (Å²) in [6.07, 6.45) is 5.35. The summed E-state index contributed by atoms with van der Waals surface area (Å²) in [6.45, 7) is 5.22. The highest BCUT2D eigenvalue weighted by atomic mass is 35.5. The number of carbonyl (C=O) groups excluding carboxylic acids is 2. The molecule has 0 aromatic heterocycles. The molecule has 1 aliphatic heterocycles. The lowest BCUT2D eigenvalue weighted by molar-refractivity contribution is -0.130. The van der Waals surface area contributed by atoms with Gasteiger partial charge in [-0.25, -0.2) is 8.42 Å². The van der Waals surface area contributed by atoms with Crippen molar-refractivity contribution in [1.82, 2.24) is 5.32 Å². The van der Waals surface area contributed by atoms with Gasteiger partial charge in [0.05, 0.1) is 22.2 Å². The van der Waals surface area contributed by atoms with Gasteiger partial charge in [-0.1, -0.05) is 49.9 Å². The molecule has 2 aromatic rings. The van der Waals surface area contributed by atoms with Crippen LogP contribution in [-0.4, -0.2) is 32.3 Å². The largest absolute Gasteiger partial charge is 0.353 e. The van der Waals surface area contributed by atoms with E-state index in [1.54, 1.807) is 51.1 Å². The van der Waals surface area contributed by atoms with Crippen LogP contribution in [0, 0.1) is 19.8 Å². The van der Waals surface area contributed by atoms with E-state index in [0.29, 0.717) is 33.9 Å². The second-order valence-electron chi connectivity index (χ2n) is 9.48. The van der Waals surface area contributed by atoms with E-state index in [4.69, 9.17) is 11.6 Å². The molecule has 0 spiro atoms. The maximum absolute atomic E-state index is 14.2. The number of carbonyl (C=O) groups is 2. The number of fused-ring (bicyclic) bond motifs is 1. The second kappa shape index (κ2) is 10.2. The fourth-order valence-corrected chi connectivity index (χ4v) is 7.29. The van der Waals surface area contributed by atoms with Crippen LogP contribution < -0.4 is 14.9 Å². The SMILES string of the molecule is CCC(C(=O)NC1CCCCC1)C1C(=O)Nc2ccccc2N1S(=O)(=O)c1cc(C)c(Cl)cc1C. The van der Waals surface area contributed by atoms with Gasteiger partial charge in [-0.15, -0.1) is 0 Å². The van der Waals surface area contributed by atoms with E-state index < -0.39 is 27.9 Å². The summed E-state index contributed by atoms with van der Waals surface area (Å²) in [4.78, 5) is 26.9. The summed E-state index contributed by atoms with van der Waals surface area (Å²) >= 11 is 6.24. The number of halogens is 1. The van der Waals surface area contributed by atoms with E-state index in [1.165, 1.54) is 6.07 Å². The molecule has 2 aromatic carbocycles. The molecule has 188 valence electrons. The van der Waals surface area contributed by atoms with Crippen LogP contribution in [-0.2, 0) is 19.6 Å². The van der Waals surface area contributed by atoms with Crippen LogP contribution in [0.1, 0.15) is 56.6 Å². The molecule has 2 atom stereocenters. The van der Waals surface area contributed by atoms with E-state index in [9.17, 15) is 18.0 Å². The Balaban J connectivity index is 1.81. The van der Waals surface area contributed by atoms with Crippen LogP contribution in [0.25, 0.3) is 0 Å². The van der Waals surface area contributed by atoms with Crippen molar-refractivity contribution in [2.75, 3.05) is 9.62 Å². The highest BCUT2D eigenvalue weighted by molar-refractivity contribution is 7.93. The molecule has 9 heteroatoms. The Morgan fingerprint density at radius 2 is 1.83 bits per heavy atom. The molecular formula is C26H32ClN3O4S. The highest BCUT2D eigenvalue weighted by Crippen LogP contribution is 2.40. The maximum Gasteiger partial charge on any atom is 0.265 e. The lowest BCUT2D eigenvalue weighted by atomic mass is 9.90. The van der Waals surface area contributed by atoms with Gasteiger partial charge in [-0.05, 0) is 68.5 Å². The van der Waals surface area contributed by atoms with Crippen LogP contribution in [0.15, 0.2) is 41.3 Å². The van der Waals surface area contributed by atoms with Gasteiger partial charge in [0.25, 0.3) is 10.0 Å². The summed E-state index contributed by atoms with van der Waals surface area (Å²) in [5.41, 5.74) is 1.82. The smallest absolute Gasteiger partial charge is 0.265 e. The monoisotopic (exact) mass is 517 g/mol. The van der Waals surface area contributed by atoms with Gasteiger partial charge < -0.3 is 10.6 Å². The van der Waals surface area contributed by atoms with Crippen molar-refractivity contribution in [3.63, 3.8) is 0 Å². The fraction of sp³-hybridized carbons (Fsp3) is 0.462. The zero-order valence-electron chi connectivity index (χ0n) is 20.3. The van der Waals surface area contributed by atoms with E-state index in [0.717, 1.165) is 36.4 Å². The summed E-state index contributed by atoms with van der Waals surface area (Å²) in [6, 6.07) is 8.74. The van der Waals surface area contributed by atoms with Gasteiger partial charge in [0.15, 0.2) is 0 Å². The summed E-state index contributed by atoms with van der Waals surface area (Å²) in [7, 11) is -4.22. The molecule has 2 unspecified atom stereocenters. The number of nitrogens with one attached hydrogen (secondary N) is 2. The number of hydrogen-bond acceptors (Lipinski definition) is 4. The van der Waals surface area contributed by atoms with Crippen LogP contribution >= 0.6 is 11.6 Å². The number of amides is 2. The van der Waals surface area contributed by atoms with Gasteiger partial charge in [0.2, 0.25) is 11.8 Å². The Hall–Kier alpha value is -2.58. The average Bonchev–Trinajstić information content (AvgIpc) is 2.82. The molecule has 1 heterocycles. The van der Waals surface area contributed by atoms with Crippen LogP contribution in [0.3, 0.4) is 0 Å². The third kappa shape index (κ3) is 4.91. The first kappa shape index (κ1) is 25.5. The predicted octanol–water partition coefficient (Wildman–Crippen LogP) is 4.95. The van der Waals surface area contributed by atoms with Crippen molar-refractivity contribution in [3.05, 3.63) is 52.5 Å². The predicted molar refractivity (Wildman–Crippen MR) is 138 cm³/mol. The molecule has 0 bridgehead atoms. The van der Waals surface area contributed by atoms with Gasteiger partial charge >= 0.3 is 0 Å². The number of benzene rings is 2. The average molecular weight is 518 g/mol. The molecule has 1 aliphatic carbocycles. The van der Waals surface area contributed by atoms with Crippen LogP contribution in [0.5, 0.6) is 0 Å². The number of rotatable bonds is 6. The second-order valence-corrected chi connectivity index (χ2v) is 11.7. The molecule has 1 saturated carbocycles. The number of anilines is 2. The fourth-order valence-electron chi connectivity index (χ4n) is 5.11. The summed E-state index contributed by atoms with van der Waals surface area (Å²) in [5.74, 6) is -1.65. The Kier molecular flexibility index (Phi) is 7.43. The molecule has 0 saturated heterocycles. The van der Waals surface area contributed by atoms with Crippen molar-refractivity contribution in [3.8, 4) is 0 Å². The van der Waals surface area contributed by atoms with E-state index >= 15 is 0 Å². The first-order valence-electron chi connectivity index (χ1n) is 12.2. The first-order chi connectivity index (χ1) is 16.6. The molecule has 1 fully saturated rings. The van der Waals surface area contributed by atoms with Crippen LogP contribution in [0.2, 0.25) is 5.02 Å². The number of hydrogen-bond donors (Lipinski definition) is 2. The summed E-state index contributed by atoms with van der Waals surface area (Å²) in [5, 5.41) is 6.39. The Morgan fingerprint density at radius 3 is 2.51 bits per heavy atom. The molecule has 2 aliphatic rings. The number of nitrogens with zero attached hydrogens (tertiary/aromatic N) is 1. The zero-order valence-corrected chi connectivity index (χ0v) is 21.9. The minimum Gasteiger partial charge on any atom is -0.353 e. The number of sulfonamides is 1. The molecule has 2 N–H and O–H groups in total. The van der Waals surface area contributed by atoms with Gasteiger partial charge in [-0.3, -0.25) is 13.9 Å². The van der Waals surface area contributed by atoms with Gasteiger partial charge in [-0.2, -0.15) is 0 Å². The van der Waals surface area contributed by atoms with Gasteiger partial charge in [0.1, 0.15) is 6.04 Å². The molecular weight excluding hydrogens is 486 g/mol. The first-order valence-corrected chi connectivity index (χ1v) is 14.0. The Bertz CT molecular complexity index is 1240. The highest BCUT2D eigenvalue weighted by Gasteiger charge is 2.47. The molecule has 4 rings (SSSR count). The molecule has 35 heavy (non-hydrogen) atoms. The molecule has 2 amide bonds. The third-order valence-corrected chi connectivity index (χ3v) is 9.37. The number of aryl methyl sites for hydroxylation is 2. The normalized spacial score (nSPS) is 19.6. The molecule has 0 radical (unpaired) electrons. The lowest BCUT2D eigenvalue weighted by Crippen LogP contribution is -2.58. The summed E-state index contributed by atoms with van der Waals surface area (Å²) < 4.78 is 29.5. The molecule has 7 nitrogen and oxygen atoms in total. The lowest BCUT2D eigenvalue weighted by Gasteiger charge is -2.40. The van der Waals surface area contributed by atoms with Crippen molar-refractivity contribution in [2.24, 2.45) is 5.92 Å². The maximum atomic E-state index is 14.2. The van der Waals surface area contributed by atoms with Crippen molar-refractivity contribution >= 4 is 44.8 Å². The van der Waals surface area contributed by atoms with E-state index in [2.05, 4.69) is 10.6 Å². The Labute approximate surface area is 212 Å². The van der Waals surface area contributed by atoms with Gasteiger partial charge in [0, 0.05) is 11.1 Å². The van der Waals surface area contributed by atoms with Crippen LogP contribution in [0.4, 0.5) is 11.4 Å². The van der Waals surface area contributed by atoms with Crippen molar-refractivity contribution in [1.29, 1.82) is 0 Å². The van der Waals surface area contributed by atoms with E-state index in [1.807, 2.05) is 0 Å². The zero-order chi connectivity index (χ0) is 25.3. The third-order valence-electron chi connectivity index (χ3n) is 7.02. The van der Waals surface area contributed by atoms with E-state index in [-0.39, 0.29) is 16.8 Å².